The molecule has 21 heavy (non-hydrogen) atoms. The van der Waals surface area contributed by atoms with Gasteiger partial charge in [-0.2, -0.15) is 5.10 Å². The quantitative estimate of drug-likeness (QED) is 0.890. The van der Waals surface area contributed by atoms with Crippen molar-refractivity contribution in [3.05, 3.63) is 48.3 Å². The Bertz CT molecular complexity index is 552. The molecule has 6 heteroatoms. The van der Waals surface area contributed by atoms with Gasteiger partial charge in [0.05, 0.1) is 12.6 Å². The van der Waals surface area contributed by atoms with E-state index in [9.17, 15) is 4.79 Å². The van der Waals surface area contributed by atoms with Gasteiger partial charge in [-0.3, -0.25) is 9.48 Å². The average molecular weight is 309 g/mol. The van der Waals surface area contributed by atoms with E-state index < -0.39 is 6.04 Å². The van der Waals surface area contributed by atoms with Gasteiger partial charge in [-0.25, -0.2) is 0 Å². The number of aromatic nitrogens is 2. The van der Waals surface area contributed by atoms with E-state index in [1.54, 1.807) is 6.20 Å². The van der Waals surface area contributed by atoms with E-state index in [4.69, 9.17) is 5.73 Å². The van der Waals surface area contributed by atoms with Crippen molar-refractivity contribution in [2.45, 2.75) is 26.4 Å². The minimum atomic E-state index is -0.487. The Morgan fingerprint density at radius 2 is 2.00 bits per heavy atom. The number of carbonyl (C=O) groups excluding carboxylic acids is 1. The van der Waals surface area contributed by atoms with E-state index in [1.165, 1.54) is 0 Å². The highest BCUT2D eigenvalue weighted by molar-refractivity contribution is 5.94. The summed E-state index contributed by atoms with van der Waals surface area (Å²) in [4.78, 5) is 11.8. The third-order valence-electron chi connectivity index (χ3n) is 3.15. The molecule has 1 heterocycles. The Hall–Kier alpha value is -1.85. The van der Waals surface area contributed by atoms with Crippen LogP contribution in [0, 0.1) is 5.92 Å². The van der Waals surface area contributed by atoms with Crippen molar-refractivity contribution in [2.75, 3.05) is 5.32 Å². The summed E-state index contributed by atoms with van der Waals surface area (Å²) in [5.41, 5.74) is 7.69. The zero-order valence-corrected chi connectivity index (χ0v) is 13.0. The lowest BCUT2D eigenvalue weighted by Gasteiger charge is -2.15. The van der Waals surface area contributed by atoms with Crippen LogP contribution in [0.15, 0.2) is 42.7 Å². The number of hydrogen-bond acceptors (Lipinski definition) is 3. The van der Waals surface area contributed by atoms with E-state index in [0.29, 0.717) is 6.54 Å². The highest BCUT2D eigenvalue weighted by Crippen LogP contribution is 2.11. The molecule has 0 saturated carbocycles. The Kier molecular flexibility index (Phi) is 6.39. The van der Waals surface area contributed by atoms with Crippen LogP contribution in [0.4, 0.5) is 5.69 Å². The molecule has 0 aliphatic rings. The second-order valence-electron chi connectivity index (χ2n) is 5.16. The van der Waals surface area contributed by atoms with Gasteiger partial charge in [-0.15, -0.1) is 12.4 Å². The summed E-state index contributed by atoms with van der Waals surface area (Å²) >= 11 is 0. The predicted octanol–water partition coefficient (Wildman–Crippen LogP) is 2.27. The van der Waals surface area contributed by atoms with Gasteiger partial charge in [-0.1, -0.05) is 26.0 Å². The highest BCUT2D eigenvalue weighted by Gasteiger charge is 2.16. The Labute approximate surface area is 130 Å². The van der Waals surface area contributed by atoms with E-state index in [-0.39, 0.29) is 24.2 Å². The first kappa shape index (κ1) is 17.2. The maximum Gasteiger partial charge on any atom is 0.241 e. The number of nitrogens with zero attached hydrogens (tertiary/aromatic N) is 2. The van der Waals surface area contributed by atoms with Crippen LogP contribution >= 0.6 is 12.4 Å². The van der Waals surface area contributed by atoms with E-state index in [1.807, 2.05) is 55.1 Å². The van der Waals surface area contributed by atoms with Gasteiger partial charge in [0.1, 0.15) is 0 Å². The lowest BCUT2D eigenvalue weighted by molar-refractivity contribution is -0.118. The molecule has 0 spiro atoms. The second kappa shape index (κ2) is 7.81. The third kappa shape index (κ3) is 4.88. The summed E-state index contributed by atoms with van der Waals surface area (Å²) in [7, 11) is 0. The maximum atomic E-state index is 11.8. The fourth-order valence-electron chi connectivity index (χ4n) is 1.80. The molecule has 0 saturated heterocycles. The molecule has 5 nitrogen and oxygen atoms in total. The van der Waals surface area contributed by atoms with Crippen molar-refractivity contribution in [3.63, 3.8) is 0 Å². The van der Waals surface area contributed by atoms with Gasteiger partial charge in [-0.05, 0) is 29.7 Å². The lowest BCUT2D eigenvalue weighted by Crippen LogP contribution is -2.39. The minimum Gasteiger partial charge on any atom is -0.325 e. The number of nitrogens with two attached hydrogens (primary N) is 1. The minimum absolute atomic E-state index is 0. The van der Waals surface area contributed by atoms with Gasteiger partial charge < -0.3 is 11.1 Å². The van der Waals surface area contributed by atoms with Crippen LogP contribution in [0.25, 0.3) is 0 Å². The number of rotatable bonds is 5. The van der Waals surface area contributed by atoms with Crippen molar-refractivity contribution in [1.29, 1.82) is 0 Å². The summed E-state index contributed by atoms with van der Waals surface area (Å²) in [6, 6.07) is 9.10. The number of amides is 1. The molecule has 2 rings (SSSR count). The van der Waals surface area contributed by atoms with E-state index in [2.05, 4.69) is 10.4 Å². The molecule has 3 N–H and O–H groups in total. The molecule has 0 fully saturated rings. The maximum absolute atomic E-state index is 11.8. The molecule has 1 amide bonds. The van der Waals surface area contributed by atoms with Crippen LogP contribution in [0.3, 0.4) is 0 Å². The molecular weight excluding hydrogens is 288 g/mol. The third-order valence-corrected chi connectivity index (χ3v) is 3.15. The van der Waals surface area contributed by atoms with Gasteiger partial charge in [0.2, 0.25) is 5.91 Å². The first-order valence-corrected chi connectivity index (χ1v) is 6.69. The molecule has 0 aliphatic carbocycles. The van der Waals surface area contributed by atoms with Gasteiger partial charge in [0.15, 0.2) is 0 Å². The SMILES string of the molecule is CC(C)C(N)C(=O)Nc1ccc(Cn2cccn2)cc1.Cl. The number of benzene rings is 1. The molecule has 114 valence electrons. The summed E-state index contributed by atoms with van der Waals surface area (Å²) in [5, 5.41) is 6.98. The summed E-state index contributed by atoms with van der Waals surface area (Å²) in [6.45, 7) is 4.57. The number of hydrogen-bond donors (Lipinski definition) is 2. The van der Waals surface area contributed by atoms with Crippen molar-refractivity contribution in [1.82, 2.24) is 9.78 Å². The molecule has 1 aromatic heterocycles. The predicted molar refractivity (Wildman–Crippen MR) is 86.5 cm³/mol. The number of carbonyl (C=O) groups is 1. The molecule has 0 aliphatic heterocycles. The highest BCUT2D eigenvalue weighted by atomic mass is 35.5. The topological polar surface area (TPSA) is 72.9 Å². The van der Waals surface area contributed by atoms with Crippen LogP contribution in [0.5, 0.6) is 0 Å². The van der Waals surface area contributed by atoms with Crippen LogP contribution in [0.1, 0.15) is 19.4 Å². The van der Waals surface area contributed by atoms with Crippen molar-refractivity contribution >= 4 is 24.0 Å². The second-order valence-corrected chi connectivity index (χ2v) is 5.16. The molecule has 1 atom stereocenters. The van der Waals surface area contributed by atoms with Crippen LogP contribution < -0.4 is 11.1 Å². The smallest absolute Gasteiger partial charge is 0.241 e. The molecule has 2 aromatic rings. The van der Waals surface area contributed by atoms with Gasteiger partial charge in [0, 0.05) is 18.1 Å². The first-order valence-electron chi connectivity index (χ1n) is 6.69. The summed E-state index contributed by atoms with van der Waals surface area (Å²) < 4.78 is 1.85. The summed E-state index contributed by atoms with van der Waals surface area (Å²) in [5.74, 6) is -0.0334. The number of anilines is 1. The molecule has 0 bridgehead atoms. The zero-order chi connectivity index (χ0) is 14.5. The van der Waals surface area contributed by atoms with Crippen molar-refractivity contribution in [2.24, 2.45) is 11.7 Å². The first-order chi connectivity index (χ1) is 9.56. The van der Waals surface area contributed by atoms with Crippen molar-refractivity contribution in [3.8, 4) is 0 Å². The standard InChI is InChI=1S/C15H20N4O.ClH/c1-11(2)14(16)15(20)18-13-6-4-12(5-7-13)10-19-9-3-8-17-19;/h3-9,11,14H,10,16H2,1-2H3,(H,18,20);1H. The van der Waals surface area contributed by atoms with E-state index in [0.717, 1.165) is 11.3 Å². The summed E-state index contributed by atoms with van der Waals surface area (Å²) in [6.07, 6.45) is 3.67. The van der Waals surface area contributed by atoms with Crippen molar-refractivity contribution < 1.29 is 4.79 Å². The normalized spacial score (nSPS) is 11.8. The van der Waals surface area contributed by atoms with Crippen LogP contribution in [-0.2, 0) is 11.3 Å². The fourth-order valence-corrected chi connectivity index (χ4v) is 1.80. The van der Waals surface area contributed by atoms with Crippen LogP contribution in [-0.4, -0.2) is 21.7 Å². The largest absolute Gasteiger partial charge is 0.325 e. The Morgan fingerprint density at radius 1 is 1.33 bits per heavy atom. The molecular formula is C15H21ClN4O. The molecule has 1 unspecified atom stereocenters. The number of nitrogens with one attached hydrogen (secondary N) is 1. The average Bonchev–Trinajstić information content (AvgIpc) is 2.92. The zero-order valence-electron chi connectivity index (χ0n) is 12.2. The number of halogens is 1. The van der Waals surface area contributed by atoms with Crippen LogP contribution in [0.2, 0.25) is 0 Å². The Balaban J connectivity index is 0.00000220. The molecule has 1 aromatic carbocycles. The fraction of sp³-hybridized carbons (Fsp3) is 0.333. The molecule has 0 radical (unpaired) electrons. The van der Waals surface area contributed by atoms with Gasteiger partial charge >= 0.3 is 0 Å². The monoisotopic (exact) mass is 308 g/mol. The van der Waals surface area contributed by atoms with Gasteiger partial charge in [0.25, 0.3) is 0 Å². The Morgan fingerprint density at radius 3 is 2.52 bits per heavy atom. The van der Waals surface area contributed by atoms with E-state index >= 15 is 0 Å². The lowest BCUT2D eigenvalue weighted by atomic mass is 10.0.